The Morgan fingerprint density at radius 3 is 2.71 bits per heavy atom. The smallest absolute Gasteiger partial charge is 0.248 e. The van der Waals surface area contributed by atoms with Gasteiger partial charge >= 0.3 is 0 Å². The van der Waals surface area contributed by atoms with Crippen LogP contribution in [0.2, 0.25) is 0 Å². The maximum absolute atomic E-state index is 12.4. The first-order chi connectivity index (χ1) is 9.81. The van der Waals surface area contributed by atoms with Crippen molar-refractivity contribution < 1.29 is 14.3 Å². The van der Waals surface area contributed by atoms with Crippen molar-refractivity contribution in [3.8, 4) is 5.75 Å². The summed E-state index contributed by atoms with van der Waals surface area (Å²) in [5.74, 6) is 0.563. The van der Waals surface area contributed by atoms with Gasteiger partial charge in [-0.05, 0) is 45.4 Å². The first kappa shape index (κ1) is 15.4. The first-order valence-electron chi connectivity index (χ1n) is 7.14. The molecule has 0 saturated carbocycles. The third-order valence-electron chi connectivity index (χ3n) is 3.67. The Balaban J connectivity index is 1.98. The van der Waals surface area contributed by atoms with E-state index in [0.717, 1.165) is 11.3 Å². The second kappa shape index (κ2) is 5.76. The van der Waals surface area contributed by atoms with Crippen LogP contribution in [0.15, 0.2) is 24.3 Å². The monoisotopic (exact) mass is 290 g/mol. The molecule has 1 unspecified atom stereocenters. The van der Waals surface area contributed by atoms with Gasteiger partial charge in [0.1, 0.15) is 23.9 Å². The summed E-state index contributed by atoms with van der Waals surface area (Å²) < 4.78 is 5.66. The van der Waals surface area contributed by atoms with E-state index in [9.17, 15) is 9.59 Å². The van der Waals surface area contributed by atoms with Gasteiger partial charge in [0.2, 0.25) is 11.8 Å². The average Bonchev–Trinajstić information content (AvgIpc) is 2.40. The molecular formula is C16H22N2O3. The summed E-state index contributed by atoms with van der Waals surface area (Å²) in [6.07, 6.45) is 0. The predicted molar refractivity (Wildman–Crippen MR) is 80.1 cm³/mol. The molecule has 0 radical (unpaired) electrons. The Labute approximate surface area is 125 Å². The normalized spacial score (nSPS) is 21.1. The minimum absolute atomic E-state index is 0.0811. The number of piperazine rings is 1. The lowest BCUT2D eigenvalue weighted by molar-refractivity contribution is -0.153. The van der Waals surface area contributed by atoms with E-state index in [1.165, 1.54) is 0 Å². The molecule has 21 heavy (non-hydrogen) atoms. The lowest BCUT2D eigenvalue weighted by atomic mass is 9.97. The standard InChI is InChI=1S/C16H22N2O3/c1-11-6-5-7-13(10-11)21-9-8-18-12(2)14(19)17-16(3,4)15(18)20/h5-7,10,12H,8-9H2,1-4H3,(H,17,19). The van der Waals surface area contributed by atoms with Crippen LogP contribution in [0.5, 0.6) is 5.75 Å². The summed E-state index contributed by atoms with van der Waals surface area (Å²) in [5.41, 5.74) is 0.267. The van der Waals surface area contributed by atoms with Crippen molar-refractivity contribution in [3.63, 3.8) is 0 Å². The van der Waals surface area contributed by atoms with Gasteiger partial charge in [0.05, 0.1) is 6.54 Å². The van der Waals surface area contributed by atoms with E-state index in [4.69, 9.17) is 4.74 Å². The summed E-state index contributed by atoms with van der Waals surface area (Å²) in [7, 11) is 0. The van der Waals surface area contributed by atoms with E-state index in [-0.39, 0.29) is 11.8 Å². The summed E-state index contributed by atoms with van der Waals surface area (Å²) in [6, 6.07) is 7.28. The molecule has 1 atom stereocenters. The summed E-state index contributed by atoms with van der Waals surface area (Å²) in [4.78, 5) is 25.8. The first-order valence-corrected chi connectivity index (χ1v) is 7.14. The molecule has 1 heterocycles. The molecule has 1 N–H and O–H groups in total. The van der Waals surface area contributed by atoms with E-state index >= 15 is 0 Å². The summed E-state index contributed by atoms with van der Waals surface area (Å²) >= 11 is 0. The van der Waals surface area contributed by atoms with E-state index in [1.807, 2.05) is 31.2 Å². The minimum Gasteiger partial charge on any atom is -0.492 e. The molecule has 0 bridgehead atoms. The SMILES string of the molecule is Cc1cccc(OCCN2C(=O)C(C)(C)NC(=O)C2C)c1. The van der Waals surface area contributed by atoms with Crippen molar-refractivity contribution >= 4 is 11.8 Å². The zero-order valence-electron chi connectivity index (χ0n) is 13.0. The molecule has 5 nitrogen and oxygen atoms in total. The molecule has 0 spiro atoms. The van der Waals surface area contributed by atoms with Gasteiger partial charge in [-0.25, -0.2) is 0 Å². The number of nitrogens with one attached hydrogen (secondary N) is 1. The van der Waals surface area contributed by atoms with E-state index < -0.39 is 11.6 Å². The van der Waals surface area contributed by atoms with Crippen molar-refractivity contribution in [1.82, 2.24) is 10.2 Å². The lowest BCUT2D eigenvalue weighted by Crippen LogP contribution is -2.67. The zero-order chi connectivity index (χ0) is 15.6. The van der Waals surface area contributed by atoms with Crippen LogP contribution in [-0.2, 0) is 9.59 Å². The number of amides is 2. The van der Waals surface area contributed by atoms with Gasteiger partial charge in [0.15, 0.2) is 0 Å². The maximum Gasteiger partial charge on any atom is 0.248 e. The van der Waals surface area contributed by atoms with Crippen LogP contribution in [0.3, 0.4) is 0 Å². The Morgan fingerprint density at radius 2 is 2.05 bits per heavy atom. The van der Waals surface area contributed by atoms with Gasteiger partial charge in [-0.2, -0.15) is 0 Å². The Morgan fingerprint density at radius 1 is 1.33 bits per heavy atom. The van der Waals surface area contributed by atoms with Gasteiger partial charge in [0.25, 0.3) is 0 Å². The Bertz CT molecular complexity index is 554. The van der Waals surface area contributed by atoms with Crippen molar-refractivity contribution in [2.24, 2.45) is 0 Å². The largest absolute Gasteiger partial charge is 0.492 e. The number of aryl methyl sites for hydroxylation is 1. The van der Waals surface area contributed by atoms with Crippen LogP contribution in [-0.4, -0.2) is 41.4 Å². The zero-order valence-corrected chi connectivity index (χ0v) is 13.0. The number of rotatable bonds is 4. The highest BCUT2D eigenvalue weighted by Crippen LogP contribution is 2.18. The molecule has 0 aliphatic carbocycles. The predicted octanol–water partition coefficient (Wildman–Crippen LogP) is 1.50. The second-order valence-electron chi connectivity index (χ2n) is 5.95. The molecule has 2 amide bonds. The van der Waals surface area contributed by atoms with Crippen LogP contribution >= 0.6 is 0 Å². The number of nitrogens with zero attached hydrogens (tertiary/aromatic N) is 1. The highest BCUT2D eigenvalue weighted by molar-refractivity contribution is 5.99. The average molecular weight is 290 g/mol. The molecule has 1 aromatic rings. The number of benzene rings is 1. The third-order valence-corrected chi connectivity index (χ3v) is 3.67. The minimum atomic E-state index is -0.854. The van der Waals surface area contributed by atoms with Gasteiger partial charge in [-0.1, -0.05) is 12.1 Å². The van der Waals surface area contributed by atoms with E-state index in [1.54, 1.807) is 25.7 Å². The van der Waals surface area contributed by atoms with Crippen LogP contribution in [0, 0.1) is 6.92 Å². The number of hydrogen-bond donors (Lipinski definition) is 1. The van der Waals surface area contributed by atoms with Crippen LogP contribution in [0.4, 0.5) is 0 Å². The number of carbonyl (C=O) groups excluding carboxylic acids is 2. The third kappa shape index (κ3) is 3.35. The van der Waals surface area contributed by atoms with Crippen molar-refractivity contribution in [2.75, 3.05) is 13.2 Å². The molecule has 1 aliphatic heterocycles. The van der Waals surface area contributed by atoms with Crippen LogP contribution < -0.4 is 10.1 Å². The molecule has 1 aromatic carbocycles. The van der Waals surface area contributed by atoms with Gasteiger partial charge < -0.3 is 15.0 Å². The van der Waals surface area contributed by atoms with Crippen molar-refractivity contribution in [1.29, 1.82) is 0 Å². The molecule has 5 heteroatoms. The fourth-order valence-corrected chi connectivity index (χ4v) is 2.40. The quantitative estimate of drug-likeness (QED) is 0.914. The van der Waals surface area contributed by atoms with Crippen LogP contribution in [0.25, 0.3) is 0 Å². The maximum atomic E-state index is 12.4. The molecule has 1 aliphatic rings. The van der Waals surface area contributed by atoms with E-state index in [0.29, 0.717) is 13.2 Å². The molecule has 0 aromatic heterocycles. The van der Waals surface area contributed by atoms with Crippen LogP contribution in [0.1, 0.15) is 26.3 Å². The second-order valence-corrected chi connectivity index (χ2v) is 5.95. The highest BCUT2D eigenvalue weighted by atomic mass is 16.5. The Kier molecular flexibility index (Phi) is 4.21. The van der Waals surface area contributed by atoms with E-state index in [2.05, 4.69) is 5.32 Å². The lowest BCUT2D eigenvalue weighted by Gasteiger charge is -2.41. The Hall–Kier alpha value is -2.04. The van der Waals surface area contributed by atoms with Gasteiger partial charge in [0, 0.05) is 0 Å². The van der Waals surface area contributed by atoms with Gasteiger partial charge in [-0.3, -0.25) is 9.59 Å². The summed E-state index contributed by atoms with van der Waals surface area (Å²) in [5, 5.41) is 2.73. The molecular weight excluding hydrogens is 268 g/mol. The highest BCUT2D eigenvalue weighted by Gasteiger charge is 2.43. The number of carbonyl (C=O) groups is 2. The fraction of sp³-hybridized carbons (Fsp3) is 0.500. The topological polar surface area (TPSA) is 58.6 Å². The van der Waals surface area contributed by atoms with Gasteiger partial charge in [-0.15, -0.1) is 0 Å². The van der Waals surface area contributed by atoms with Crippen molar-refractivity contribution in [2.45, 2.75) is 39.3 Å². The summed E-state index contributed by atoms with van der Waals surface area (Å²) in [6.45, 7) is 7.92. The molecule has 1 saturated heterocycles. The molecule has 114 valence electrons. The molecule has 1 fully saturated rings. The number of ether oxygens (including phenoxy) is 1. The molecule has 2 rings (SSSR count). The van der Waals surface area contributed by atoms with Crippen molar-refractivity contribution in [3.05, 3.63) is 29.8 Å². The fourth-order valence-electron chi connectivity index (χ4n) is 2.40. The number of hydrogen-bond acceptors (Lipinski definition) is 3.